The third-order valence-electron chi connectivity index (χ3n) is 4.66. The minimum atomic E-state index is 0.930. The van der Waals surface area contributed by atoms with E-state index in [0.29, 0.717) is 0 Å². The average Bonchev–Trinajstić information content (AvgIpc) is 3.12. The Morgan fingerprint density at radius 3 is 2.53 bits per heavy atom. The molecule has 104 valence electrons. The van der Waals surface area contributed by atoms with E-state index in [1.165, 1.54) is 69.4 Å². The van der Waals surface area contributed by atoms with Crippen molar-refractivity contribution in [2.75, 3.05) is 24.5 Å². The van der Waals surface area contributed by atoms with E-state index in [1.54, 1.807) is 0 Å². The molecule has 1 aliphatic heterocycles. The van der Waals surface area contributed by atoms with E-state index >= 15 is 0 Å². The molecule has 19 heavy (non-hydrogen) atoms. The van der Waals surface area contributed by atoms with Gasteiger partial charge in [-0.3, -0.25) is 0 Å². The summed E-state index contributed by atoms with van der Waals surface area (Å²) in [4.78, 5) is 2.55. The Hall–Kier alpha value is -1.02. The molecule has 0 amide bonds. The first-order valence-corrected chi connectivity index (χ1v) is 7.97. The minimum Gasteiger partial charge on any atom is -0.371 e. The molecule has 0 atom stereocenters. The van der Waals surface area contributed by atoms with Crippen molar-refractivity contribution in [3.63, 3.8) is 0 Å². The topological polar surface area (TPSA) is 15.3 Å². The Balaban J connectivity index is 1.56. The molecule has 2 aliphatic rings. The van der Waals surface area contributed by atoms with Gasteiger partial charge in [0.25, 0.3) is 0 Å². The molecular weight excluding hydrogens is 232 g/mol. The van der Waals surface area contributed by atoms with Crippen molar-refractivity contribution in [2.24, 2.45) is 5.92 Å². The zero-order valence-electron chi connectivity index (χ0n) is 11.9. The molecule has 3 rings (SSSR count). The summed E-state index contributed by atoms with van der Waals surface area (Å²) in [5, 5.41) is 3.68. The summed E-state index contributed by atoms with van der Waals surface area (Å²) in [5.74, 6) is 0.930. The van der Waals surface area contributed by atoms with E-state index in [9.17, 15) is 0 Å². The Labute approximate surface area is 117 Å². The van der Waals surface area contributed by atoms with E-state index in [0.717, 1.165) is 12.5 Å². The van der Waals surface area contributed by atoms with E-state index in [4.69, 9.17) is 0 Å². The molecule has 1 aromatic rings. The van der Waals surface area contributed by atoms with E-state index in [2.05, 4.69) is 34.5 Å². The van der Waals surface area contributed by atoms with Crippen LogP contribution in [0.2, 0.25) is 0 Å². The number of hydrogen-bond acceptors (Lipinski definition) is 2. The smallest absolute Gasteiger partial charge is 0.0411 e. The van der Waals surface area contributed by atoms with Gasteiger partial charge in [-0.2, -0.15) is 0 Å². The SMILES string of the molecule is c1ccc(N2CCCC2)c(CNCC2CCCC2)c1. The van der Waals surface area contributed by atoms with Gasteiger partial charge in [0.15, 0.2) is 0 Å². The van der Waals surface area contributed by atoms with Crippen molar-refractivity contribution in [1.82, 2.24) is 5.32 Å². The molecule has 1 aliphatic carbocycles. The van der Waals surface area contributed by atoms with Crippen LogP contribution in [0.4, 0.5) is 5.69 Å². The highest BCUT2D eigenvalue weighted by molar-refractivity contribution is 5.54. The third kappa shape index (κ3) is 3.30. The van der Waals surface area contributed by atoms with Gasteiger partial charge >= 0.3 is 0 Å². The van der Waals surface area contributed by atoms with Crippen LogP contribution >= 0.6 is 0 Å². The van der Waals surface area contributed by atoms with E-state index < -0.39 is 0 Å². The van der Waals surface area contributed by atoms with Crippen molar-refractivity contribution in [2.45, 2.75) is 45.1 Å². The van der Waals surface area contributed by atoms with Crippen molar-refractivity contribution < 1.29 is 0 Å². The van der Waals surface area contributed by atoms with Crippen molar-refractivity contribution >= 4 is 5.69 Å². The Morgan fingerprint density at radius 2 is 1.74 bits per heavy atom. The molecule has 2 heteroatoms. The second-order valence-electron chi connectivity index (χ2n) is 6.10. The summed E-state index contributed by atoms with van der Waals surface area (Å²) in [6, 6.07) is 8.92. The van der Waals surface area contributed by atoms with Crippen LogP contribution in [-0.4, -0.2) is 19.6 Å². The number of nitrogens with one attached hydrogen (secondary N) is 1. The molecule has 0 bridgehead atoms. The van der Waals surface area contributed by atoms with E-state index in [1.807, 2.05) is 0 Å². The molecule has 0 unspecified atom stereocenters. The molecule has 2 fully saturated rings. The van der Waals surface area contributed by atoms with Gasteiger partial charge in [-0.1, -0.05) is 31.0 Å². The normalized spacial score (nSPS) is 20.3. The minimum absolute atomic E-state index is 0.930. The van der Waals surface area contributed by atoms with Crippen LogP contribution in [-0.2, 0) is 6.54 Å². The summed E-state index contributed by atoms with van der Waals surface area (Å²) in [7, 11) is 0. The van der Waals surface area contributed by atoms with Gasteiger partial charge in [-0.25, -0.2) is 0 Å². The Morgan fingerprint density at radius 1 is 1.00 bits per heavy atom. The van der Waals surface area contributed by atoms with Gasteiger partial charge in [0.05, 0.1) is 0 Å². The zero-order valence-corrected chi connectivity index (χ0v) is 11.9. The third-order valence-corrected chi connectivity index (χ3v) is 4.66. The predicted octanol–water partition coefficient (Wildman–Crippen LogP) is 3.57. The first kappa shape index (κ1) is 13.0. The maximum absolute atomic E-state index is 3.68. The van der Waals surface area contributed by atoms with Crippen molar-refractivity contribution in [1.29, 1.82) is 0 Å². The van der Waals surface area contributed by atoms with Gasteiger partial charge < -0.3 is 10.2 Å². The highest BCUT2D eigenvalue weighted by atomic mass is 15.1. The van der Waals surface area contributed by atoms with Crippen LogP contribution in [0.1, 0.15) is 44.1 Å². The lowest BCUT2D eigenvalue weighted by atomic mass is 10.1. The number of rotatable bonds is 5. The molecule has 0 aromatic heterocycles. The van der Waals surface area contributed by atoms with Crippen molar-refractivity contribution in [3.8, 4) is 0 Å². The van der Waals surface area contributed by atoms with Crippen LogP contribution in [0.25, 0.3) is 0 Å². The lowest BCUT2D eigenvalue weighted by molar-refractivity contribution is 0.489. The lowest BCUT2D eigenvalue weighted by Gasteiger charge is -2.22. The fourth-order valence-electron chi connectivity index (χ4n) is 3.55. The zero-order chi connectivity index (χ0) is 12.9. The molecule has 1 N–H and O–H groups in total. The van der Waals surface area contributed by atoms with Crippen LogP contribution < -0.4 is 10.2 Å². The predicted molar refractivity (Wildman–Crippen MR) is 81.6 cm³/mol. The molecular formula is C17H26N2. The molecule has 1 saturated carbocycles. The average molecular weight is 258 g/mol. The Kier molecular flexibility index (Phi) is 4.39. The molecule has 1 aromatic carbocycles. The summed E-state index contributed by atoms with van der Waals surface area (Å²) in [6.45, 7) is 4.71. The van der Waals surface area contributed by atoms with Crippen LogP contribution in [0, 0.1) is 5.92 Å². The first-order valence-electron chi connectivity index (χ1n) is 7.97. The molecule has 2 nitrogen and oxygen atoms in total. The van der Waals surface area contributed by atoms with Gasteiger partial charge in [-0.05, 0) is 49.8 Å². The highest BCUT2D eigenvalue weighted by Crippen LogP contribution is 2.26. The monoisotopic (exact) mass is 258 g/mol. The van der Waals surface area contributed by atoms with Crippen molar-refractivity contribution in [3.05, 3.63) is 29.8 Å². The van der Waals surface area contributed by atoms with Gasteiger partial charge in [0.1, 0.15) is 0 Å². The van der Waals surface area contributed by atoms with Gasteiger partial charge in [-0.15, -0.1) is 0 Å². The number of hydrogen-bond donors (Lipinski definition) is 1. The summed E-state index contributed by atoms with van der Waals surface area (Å²) >= 11 is 0. The van der Waals surface area contributed by atoms with Gasteiger partial charge in [0, 0.05) is 25.3 Å². The largest absolute Gasteiger partial charge is 0.371 e. The second-order valence-corrected chi connectivity index (χ2v) is 6.10. The maximum Gasteiger partial charge on any atom is 0.0411 e. The first-order chi connectivity index (χ1) is 9.43. The summed E-state index contributed by atoms with van der Waals surface area (Å²) in [6.07, 6.45) is 8.45. The fourth-order valence-corrected chi connectivity index (χ4v) is 3.55. The van der Waals surface area contributed by atoms with Crippen LogP contribution in [0.5, 0.6) is 0 Å². The molecule has 0 radical (unpaired) electrons. The number of nitrogens with zero attached hydrogens (tertiary/aromatic N) is 1. The lowest BCUT2D eigenvalue weighted by Crippen LogP contribution is -2.24. The summed E-state index contributed by atoms with van der Waals surface area (Å²) < 4.78 is 0. The quantitative estimate of drug-likeness (QED) is 0.868. The second kappa shape index (κ2) is 6.42. The van der Waals surface area contributed by atoms with Crippen LogP contribution in [0.3, 0.4) is 0 Å². The Bertz CT molecular complexity index is 390. The number of benzene rings is 1. The summed E-state index contributed by atoms with van der Waals surface area (Å²) in [5.41, 5.74) is 2.93. The number of para-hydroxylation sites is 1. The molecule has 0 spiro atoms. The maximum atomic E-state index is 3.68. The standard InChI is InChI=1S/C17H26N2/c1-2-8-15(7-1)13-18-14-16-9-3-4-10-17(16)19-11-5-6-12-19/h3-4,9-10,15,18H,1-2,5-8,11-14H2. The highest BCUT2D eigenvalue weighted by Gasteiger charge is 2.16. The molecule has 1 heterocycles. The van der Waals surface area contributed by atoms with Gasteiger partial charge in [0.2, 0.25) is 0 Å². The molecule has 1 saturated heterocycles. The fraction of sp³-hybridized carbons (Fsp3) is 0.647. The van der Waals surface area contributed by atoms with Crippen LogP contribution in [0.15, 0.2) is 24.3 Å². The van der Waals surface area contributed by atoms with E-state index in [-0.39, 0.29) is 0 Å². The number of anilines is 1.